The number of ether oxygens (including phenoxy) is 1. The minimum absolute atomic E-state index is 0.0984. The Morgan fingerprint density at radius 1 is 0.970 bits per heavy atom. The van der Waals surface area contributed by atoms with Crippen molar-refractivity contribution in [3.05, 3.63) is 71.9 Å². The first kappa shape index (κ1) is 21.0. The number of amides is 1. The number of rotatable bonds is 4. The molecule has 7 heteroatoms. The predicted octanol–water partition coefficient (Wildman–Crippen LogP) is 4.48. The Morgan fingerprint density at radius 2 is 1.73 bits per heavy atom. The number of carbonyl (C=O) groups excluding carboxylic acids is 1. The summed E-state index contributed by atoms with van der Waals surface area (Å²) in [6.07, 6.45) is 0. The van der Waals surface area contributed by atoms with Crippen LogP contribution in [0, 0.1) is 13.8 Å². The van der Waals surface area contributed by atoms with Gasteiger partial charge in [-0.15, -0.1) is 0 Å². The monoisotopic (exact) mass is 442 g/mol. The van der Waals surface area contributed by atoms with Gasteiger partial charge in [0.15, 0.2) is 0 Å². The van der Waals surface area contributed by atoms with E-state index < -0.39 is 0 Å². The van der Waals surface area contributed by atoms with Gasteiger partial charge in [-0.05, 0) is 31.5 Å². The average Bonchev–Trinajstić information content (AvgIpc) is 3.22. The van der Waals surface area contributed by atoms with E-state index in [1.807, 2.05) is 73.3 Å². The summed E-state index contributed by atoms with van der Waals surface area (Å²) in [4.78, 5) is 26.6. The highest BCUT2D eigenvalue weighted by Gasteiger charge is 2.29. The van der Waals surface area contributed by atoms with Gasteiger partial charge in [-0.2, -0.15) is 0 Å². The molecule has 2 aromatic carbocycles. The Labute approximate surface area is 192 Å². The van der Waals surface area contributed by atoms with Crippen molar-refractivity contribution in [3.8, 4) is 16.9 Å². The maximum Gasteiger partial charge on any atom is 0.290 e. The van der Waals surface area contributed by atoms with Crippen LogP contribution in [0.25, 0.3) is 22.1 Å². The highest BCUT2D eigenvalue weighted by Crippen LogP contribution is 2.37. The Bertz CT molecular complexity index is 1290. The number of aryl methyl sites for hydroxylation is 2. The van der Waals surface area contributed by atoms with Crippen molar-refractivity contribution in [3.63, 3.8) is 0 Å². The van der Waals surface area contributed by atoms with Crippen molar-refractivity contribution in [2.24, 2.45) is 0 Å². The molecule has 0 unspecified atom stereocenters. The van der Waals surface area contributed by atoms with Crippen LogP contribution >= 0.6 is 0 Å². The molecule has 0 saturated carbocycles. The van der Waals surface area contributed by atoms with Crippen LogP contribution in [-0.4, -0.2) is 54.1 Å². The average molecular weight is 443 g/mol. The lowest BCUT2D eigenvalue weighted by molar-refractivity contribution is 0.0718. The van der Waals surface area contributed by atoms with E-state index in [0.29, 0.717) is 43.3 Å². The fourth-order valence-corrected chi connectivity index (χ4v) is 4.39. The van der Waals surface area contributed by atoms with Gasteiger partial charge in [-0.25, -0.2) is 9.97 Å². The fraction of sp³-hybridized carbons (Fsp3) is 0.269. The number of hydrogen-bond acceptors (Lipinski definition) is 6. The van der Waals surface area contributed by atoms with Crippen LogP contribution in [0.4, 0.5) is 5.82 Å². The summed E-state index contributed by atoms with van der Waals surface area (Å²) < 4.78 is 11.5. The van der Waals surface area contributed by atoms with Gasteiger partial charge in [-0.1, -0.05) is 30.3 Å². The van der Waals surface area contributed by atoms with Crippen LogP contribution in [0.5, 0.6) is 5.75 Å². The number of fused-ring (bicyclic) bond motifs is 1. The second-order valence-electron chi connectivity index (χ2n) is 8.23. The number of nitrogens with zero attached hydrogens (tertiary/aromatic N) is 4. The predicted molar refractivity (Wildman–Crippen MR) is 128 cm³/mol. The van der Waals surface area contributed by atoms with E-state index in [9.17, 15) is 4.79 Å². The SMILES string of the molecule is COc1ccc2c(-c3ccccc3)c(C(=O)N3CCN(c4cc(C)nc(C)n4)CC3)oc2c1. The van der Waals surface area contributed by atoms with Gasteiger partial charge in [0.2, 0.25) is 5.76 Å². The minimum atomic E-state index is -0.0984. The number of anilines is 1. The van der Waals surface area contributed by atoms with Gasteiger partial charge in [0, 0.05) is 55.0 Å². The number of aromatic nitrogens is 2. The molecule has 168 valence electrons. The highest BCUT2D eigenvalue weighted by molar-refractivity contribution is 6.08. The van der Waals surface area contributed by atoms with Crippen molar-refractivity contribution in [2.75, 3.05) is 38.2 Å². The summed E-state index contributed by atoms with van der Waals surface area (Å²) in [5.41, 5.74) is 3.36. The summed E-state index contributed by atoms with van der Waals surface area (Å²) in [7, 11) is 1.62. The van der Waals surface area contributed by atoms with Crippen LogP contribution in [0.1, 0.15) is 22.1 Å². The maximum atomic E-state index is 13.6. The van der Waals surface area contributed by atoms with E-state index in [1.54, 1.807) is 7.11 Å². The standard InChI is InChI=1S/C26H26N4O3/c1-17-15-23(28-18(2)27-17)29-11-13-30(14-12-29)26(31)25-24(19-7-5-4-6-8-19)21-10-9-20(32-3)16-22(21)33-25/h4-10,15-16H,11-14H2,1-3H3. The molecule has 0 spiro atoms. The molecule has 0 bridgehead atoms. The van der Waals surface area contributed by atoms with Gasteiger partial charge < -0.3 is 19.0 Å². The molecule has 7 nitrogen and oxygen atoms in total. The lowest BCUT2D eigenvalue weighted by Gasteiger charge is -2.35. The van der Waals surface area contributed by atoms with Crippen LogP contribution in [-0.2, 0) is 0 Å². The lowest BCUT2D eigenvalue weighted by atomic mass is 10.0. The quantitative estimate of drug-likeness (QED) is 0.464. The van der Waals surface area contributed by atoms with E-state index in [-0.39, 0.29) is 5.91 Å². The molecule has 33 heavy (non-hydrogen) atoms. The van der Waals surface area contributed by atoms with E-state index in [2.05, 4.69) is 14.9 Å². The third-order valence-corrected chi connectivity index (χ3v) is 6.00. The topological polar surface area (TPSA) is 71.7 Å². The molecule has 5 rings (SSSR count). The highest BCUT2D eigenvalue weighted by atomic mass is 16.5. The van der Waals surface area contributed by atoms with Crippen LogP contribution < -0.4 is 9.64 Å². The van der Waals surface area contributed by atoms with Crippen molar-refractivity contribution in [2.45, 2.75) is 13.8 Å². The van der Waals surface area contributed by atoms with Crippen molar-refractivity contribution < 1.29 is 13.9 Å². The van der Waals surface area contributed by atoms with E-state index in [0.717, 1.165) is 33.8 Å². The molecule has 1 saturated heterocycles. The minimum Gasteiger partial charge on any atom is -0.497 e. The second-order valence-corrected chi connectivity index (χ2v) is 8.23. The van der Waals surface area contributed by atoms with Gasteiger partial charge >= 0.3 is 0 Å². The van der Waals surface area contributed by atoms with Gasteiger partial charge in [0.25, 0.3) is 5.91 Å². The van der Waals surface area contributed by atoms with Crippen LogP contribution in [0.2, 0.25) is 0 Å². The van der Waals surface area contributed by atoms with Gasteiger partial charge in [0.05, 0.1) is 7.11 Å². The molecule has 0 radical (unpaired) electrons. The van der Waals surface area contributed by atoms with Crippen molar-refractivity contribution in [1.82, 2.24) is 14.9 Å². The Hall–Kier alpha value is -3.87. The molecule has 0 atom stereocenters. The molecule has 0 N–H and O–H groups in total. The Morgan fingerprint density at radius 3 is 2.42 bits per heavy atom. The summed E-state index contributed by atoms with van der Waals surface area (Å²) in [6.45, 7) is 6.47. The zero-order chi connectivity index (χ0) is 22.9. The molecule has 1 amide bonds. The molecule has 3 heterocycles. The van der Waals surface area contributed by atoms with Crippen LogP contribution in [0.3, 0.4) is 0 Å². The third kappa shape index (κ3) is 4.02. The smallest absolute Gasteiger partial charge is 0.290 e. The van der Waals surface area contributed by atoms with Gasteiger partial charge in [-0.3, -0.25) is 4.79 Å². The molecule has 1 aliphatic heterocycles. The lowest BCUT2D eigenvalue weighted by Crippen LogP contribution is -2.49. The number of methoxy groups -OCH3 is 1. The summed E-state index contributed by atoms with van der Waals surface area (Å²) in [6, 6.07) is 17.6. The number of furan rings is 1. The number of carbonyl (C=O) groups is 1. The number of benzene rings is 2. The summed E-state index contributed by atoms with van der Waals surface area (Å²) in [5, 5.41) is 0.899. The molecule has 4 aromatic rings. The first-order valence-electron chi connectivity index (χ1n) is 11.1. The summed E-state index contributed by atoms with van der Waals surface area (Å²) in [5.74, 6) is 2.63. The molecule has 1 aliphatic rings. The molecule has 2 aromatic heterocycles. The summed E-state index contributed by atoms with van der Waals surface area (Å²) >= 11 is 0. The van der Waals surface area contributed by atoms with Crippen molar-refractivity contribution in [1.29, 1.82) is 0 Å². The molecular weight excluding hydrogens is 416 g/mol. The molecular formula is C26H26N4O3. The van der Waals surface area contributed by atoms with Crippen molar-refractivity contribution >= 4 is 22.7 Å². The zero-order valence-electron chi connectivity index (χ0n) is 19.0. The van der Waals surface area contributed by atoms with Gasteiger partial charge in [0.1, 0.15) is 23.0 Å². The second kappa shape index (κ2) is 8.58. The Balaban J connectivity index is 1.45. The molecule has 0 aliphatic carbocycles. The normalized spacial score (nSPS) is 14.0. The fourth-order valence-electron chi connectivity index (χ4n) is 4.39. The van der Waals surface area contributed by atoms with E-state index in [1.165, 1.54) is 0 Å². The third-order valence-electron chi connectivity index (χ3n) is 6.00. The number of hydrogen-bond donors (Lipinski definition) is 0. The van der Waals surface area contributed by atoms with E-state index in [4.69, 9.17) is 9.15 Å². The first-order valence-corrected chi connectivity index (χ1v) is 11.1. The Kier molecular flexibility index (Phi) is 5.46. The zero-order valence-corrected chi connectivity index (χ0v) is 19.0. The first-order chi connectivity index (χ1) is 16.0. The maximum absolute atomic E-state index is 13.6. The largest absolute Gasteiger partial charge is 0.497 e. The molecule has 1 fully saturated rings. The number of piperazine rings is 1. The van der Waals surface area contributed by atoms with E-state index >= 15 is 0 Å². The van der Waals surface area contributed by atoms with Crippen LogP contribution in [0.15, 0.2) is 59.0 Å².